The Morgan fingerprint density at radius 2 is 1.93 bits per heavy atom. The molecule has 0 aromatic heterocycles. The van der Waals surface area contributed by atoms with Crippen LogP contribution in [-0.4, -0.2) is 12.1 Å². The molecule has 76 valence electrons. The maximum absolute atomic E-state index is 12.5. The molecule has 0 heterocycles. The third-order valence-corrected chi connectivity index (χ3v) is 2.57. The van der Waals surface area contributed by atoms with E-state index in [4.69, 9.17) is 10.5 Å². The van der Waals surface area contributed by atoms with Crippen LogP contribution >= 0.6 is 0 Å². The topological polar surface area (TPSA) is 35.2 Å². The van der Waals surface area contributed by atoms with Crippen LogP contribution in [0.2, 0.25) is 0 Å². The lowest BCUT2D eigenvalue weighted by atomic mass is 10.2. The van der Waals surface area contributed by atoms with Crippen molar-refractivity contribution >= 4 is 0 Å². The molecule has 1 aromatic carbocycles. The van der Waals surface area contributed by atoms with Crippen molar-refractivity contribution in [2.75, 3.05) is 6.61 Å². The Hall–Kier alpha value is -1.09. The van der Waals surface area contributed by atoms with Gasteiger partial charge in [-0.05, 0) is 43.5 Å². The summed E-state index contributed by atoms with van der Waals surface area (Å²) in [5.74, 6) is 0.463. The van der Waals surface area contributed by atoms with Crippen molar-refractivity contribution in [2.45, 2.75) is 24.8 Å². The summed E-state index contributed by atoms with van der Waals surface area (Å²) < 4.78 is 18.0. The quantitative estimate of drug-likeness (QED) is 0.798. The van der Waals surface area contributed by atoms with Crippen molar-refractivity contribution in [3.63, 3.8) is 0 Å². The molecule has 0 saturated heterocycles. The first kappa shape index (κ1) is 9.46. The van der Waals surface area contributed by atoms with Gasteiger partial charge in [0.2, 0.25) is 0 Å². The minimum Gasteiger partial charge on any atom is -0.494 e. The zero-order valence-corrected chi connectivity index (χ0v) is 8.00. The summed E-state index contributed by atoms with van der Waals surface area (Å²) in [7, 11) is 0. The van der Waals surface area contributed by atoms with Crippen LogP contribution in [0.3, 0.4) is 0 Å². The number of hydrogen-bond acceptors (Lipinski definition) is 2. The van der Waals surface area contributed by atoms with E-state index in [2.05, 4.69) is 0 Å². The molecule has 1 aromatic rings. The van der Waals surface area contributed by atoms with Gasteiger partial charge in [0.1, 0.15) is 11.6 Å². The van der Waals surface area contributed by atoms with Crippen molar-refractivity contribution in [3.8, 4) is 5.75 Å². The number of ether oxygens (including phenoxy) is 1. The number of hydrogen-bond donors (Lipinski definition) is 1. The van der Waals surface area contributed by atoms with Crippen molar-refractivity contribution in [1.82, 2.24) is 0 Å². The van der Waals surface area contributed by atoms with Crippen molar-refractivity contribution in [2.24, 2.45) is 5.73 Å². The first-order chi connectivity index (χ1) is 6.68. The molecule has 0 aliphatic heterocycles. The van der Waals surface area contributed by atoms with E-state index >= 15 is 0 Å². The number of benzene rings is 1. The van der Waals surface area contributed by atoms with E-state index in [0.717, 1.165) is 19.3 Å². The Bertz CT molecular complexity index is 306. The summed E-state index contributed by atoms with van der Waals surface area (Å²) in [6.07, 6.45) is 3.07. The predicted molar refractivity (Wildman–Crippen MR) is 52.7 cm³/mol. The highest BCUT2D eigenvalue weighted by atomic mass is 19.1. The Labute approximate surface area is 82.9 Å². The Kier molecular flexibility index (Phi) is 2.42. The zero-order chi connectivity index (χ0) is 10.0. The average molecular weight is 195 g/mol. The number of nitrogens with two attached hydrogens (primary N) is 1. The summed E-state index contributed by atoms with van der Waals surface area (Å²) in [5.41, 5.74) is 5.92. The first-order valence-corrected chi connectivity index (χ1v) is 4.85. The highest BCUT2D eigenvalue weighted by Gasteiger charge is 2.37. The molecule has 0 bridgehead atoms. The van der Waals surface area contributed by atoms with Gasteiger partial charge in [0.15, 0.2) is 0 Å². The second-order valence-electron chi connectivity index (χ2n) is 3.91. The van der Waals surface area contributed by atoms with Crippen LogP contribution in [0.15, 0.2) is 24.3 Å². The lowest BCUT2D eigenvalue weighted by Gasteiger charge is -2.09. The molecule has 3 heteroatoms. The van der Waals surface area contributed by atoms with E-state index in [1.807, 2.05) is 0 Å². The fourth-order valence-corrected chi connectivity index (χ4v) is 1.31. The van der Waals surface area contributed by atoms with Crippen LogP contribution in [0, 0.1) is 5.82 Å². The number of halogens is 1. The third kappa shape index (κ3) is 2.45. The summed E-state index contributed by atoms with van der Waals surface area (Å²) in [6.45, 7) is 0.613. The molecule has 0 amide bonds. The third-order valence-electron chi connectivity index (χ3n) is 2.57. The Morgan fingerprint density at radius 3 is 2.50 bits per heavy atom. The fraction of sp³-hybridized carbons (Fsp3) is 0.455. The highest BCUT2D eigenvalue weighted by molar-refractivity contribution is 5.22. The lowest BCUT2D eigenvalue weighted by Crippen LogP contribution is -2.24. The van der Waals surface area contributed by atoms with Gasteiger partial charge in [-0.15, -0.1) is 0 Å². The van der Waals surface area contributed by atoms with Gasteiger partial charge in [-0.3, -0.25) is 0 Å². The van der Waals surface area contributed by atoms with Gasteiger partial charge in [-0.25, -0.2) is 4.39 Å². The lowest BCUT2D eigenvalue weighted by molar-refractivity contribution is 0.293. The second-order valence-corrected chi connectivity index (χ2v) is 3.91. The van der Waals surface area contributed by atoms with Gasteiger partial charge in [0.25, 0.3) is 0 Å². The van der Waals surface area contributed by atoms with E-state index in [-0.39, 0.29) is 11.4 Å². The van der Waals surface area contributed by atoms with Crippen molar-refractivity contribution in [3.05, 3.63) is 30.1 Å². The van der Waals surface area contributed by atoms with Crippen LogP contribution in [0.5, 0.6) is 5.75 Å². The molecule has 2 N–H and O–H groups in total. The van der Waals surface area contributed by atoms with Gasteiger partial charge < -0.3 is 10.5 Å². The van der Waals surface area contributed by atoms with E-state index < -0.39 is 0 Å². The number of rotatable bonds is 4. The fourth-order valence-electron chi connectivity index (χ4n) is 1.31. The smallest absolute Gasteiger partial charge is 0.123 e. The van der Waals surface area contributed by atoms with E-state index in [0.29, 0.717) is 12.4 Å². The van der Waals surface area contributed by atoms with Crippen LogP contribution in [-0.2, 0) is 0 Å². The molecule has 1 fully saturated rings. The monoisotopic (exact) mass is 195 g/mol. The minimum absolute atomic E-state index is 0.0278. The molecule has 0 radical (unpaired) electrons. The summed E-state index contributed by atoms with van der Waals surface area (Å²) in [4.78, 5) is 0. The average Bonchev–Trinajstić information content (AvgIpc) is 2.88. The molecule has 2 rings (SSSR count). The Balaban J connectivity index is 1.77. The van der Waals surface area contributed by atoms with E-state index in [1.165, 1.54) is 12.1 Å². The molecule has 1 aliphatic rings. The van der Waals surface area contributed by atoms with Gasteiger partial charge >= 0.3 is 0 Å². The maximum atomic E-state index is 12.5. The largest absolute Gasteiger partial charge is 0.494 e. The van der Waals surface area contributed by atoms with Gasteiger partial charge in [-0.2, -0.15) is 0 Å². The van der Waals surface area contributed by atoms with Gasteiger partial charge in [0.05, 0.1) is 6.61 Å². The molecule has 0 atom stereocenters. The molecular weight excluding hydrogens is 181 g/mol. The molecule has 2 nitrogen and oxygen atoms in total. The van der Waals surface area contributed by atoms with E-state index in [9.17, 15) is 4.39 Å². The van der Waals surface area contributed by atoms with Gasteiger partial charge in [-0.1, -0.05) is 0 Å². The summed E-state index contributed by atoms with van der Waals surface area (Å²) in [5, 5.41) is 0. The molecular formula is C11H14FNO. The maximum Gasteiger partial charge on any atom is 0.123 e. The molecule has 0 spiro atoms. The van der Waals surface area contributed by atoms with Crippen molar-refractivity contribution < 1.29 is 9.13 Å². The summed E-state index contributed by atoms with van der Waals surface area (Å²) in [6, 6.07) is 6.05. The van der Waals surface area contributed by atoms with Crippen LogP contribution < -0.4 is 10.5 Å². The van der Waals surface area contributed by atoms with Gasteiger partial charge in [0, 0.05) is 5.54 Å². The highest BCUT2D eigenvalue weighted by Crippen LogP contribution is 2.35. The first-order valence-electron chi connectivity index (χ1n) is 4.85. The Morgan fingerprint density at radius 1 is 1.29 bits per heavy atom. The zero-order valence-electron chi connectivity index (χ0n) is 8.00. The molecule has 0 unspecified atom stereocenters. The van der Waals surface area contributed by atoms with Crippen LogP contribution in [0.4, 0.5) is 4.39 Å². The van der Waals surface area contributed by atoms with E-state index in [1.54, 1.807) is 12.1 Å². The predicted octanol–water partition coefficient (Wildman–Crippen LogP) is 2.09. The minimum atomic E-state index is -0.241. The molecule has 1 saturated carbocycles. The molecule has 1 aliphatic carbocycles. The molecule has 14 heavy (non-hydrogen) atoms. The normalized spacial score (nSPS) is 17.9. The van der Waals surface area contributed by atoms with Crippen LogP contribution in [0.25, 0.3) is 0 Å². The second kappa shape index (κ2) is 3.58. The van der Waals surface area contributed by atoms with Crippen LogP contribution in [0.1, 0.15) is 19.3 Å². The van der Waals surface area contributed by atoms with Crippen molar-refractivity contribution in [1.29, 1.82) is 0 Å². The SMILES string of the molecule is NC1(CCOc2ccc(F)cc2)CC1. The standard InChI is InChI=1S/C11H14FNO/c12-9-1-3-10(4-2-9)14-8-7-11(13)5-6-11/h1-4H,5-8,13H2. The summed E-state index contributed by atoms with van der Waals surface area (Å²) >= 11 is 0.